The quantitative estimate of drug-likeness (QED) is 0.553. The Balaban J connectivity index is 1.65. The van der Waals surface area contributed by atoms with Crippen LogP contribution in [0.15, 0.2) is 48.5 Å². The Hall–Kier alpha value is -3.39. The molecule has 8 heteroatoms. The van der Waals surface area contributed by atoms with Crippen LogP contribution in [-0.2, 0) is 19.1 Å². The molecule has 2 unspecified atom stereocenters. The van der Waals surface area contributed by atoms with Crippen LogP contribution in [0.1, 0.15) is 30.9 Å². The average molecular weight is 440 g/mol. The zero-order chi connectivity index (χ0) is 23.3. The molecule has 1 aliphatic rings. The van der Waals surface area contributed by atoms with Gasteiger partial charge in [-0.1, -0.05) is 62.4 Å². The fraction of sp³-hybridized carbons (Fsp3) is 0.375. The average Bonchev–Trinajstić information content (AvgIpc) is 3.09. The molecule has 0 spiro atoms. The zero-order valence-electron chi connectivity index (χ0n) is 18.3. The smallest absolute Gasteiger partial charge is 0.407 e. The van der Waals surface area contributed by atoms with Gasteiger partial charge in [0.05, 0.1) is 6.61 Å². The van der Waals surface area contributed by atoms with Gasteiger partial charge in [-0.3, -0.25) is 4.79 Å². The van der Waals surface area contributed by atoms with Crippen molar-refractivity contribution in [1.29, 1.82) is 0 Å². The molecule has 0 bridgehead atoms. The maximum Gasteiger partial charge on any atom is 0.407 e. The third-order valence-electron chi connectivity index (χ3n) is 5.51. The number of carbonyl (C=O) groups is 3. The van der Waals surface area contributed by atoms with Crippen molar-refractivity contribution in [3.05, 3.63) is 59.7 Å². The molecule has 0 aromatic heterocycles. The molecule has 8 nitrogen and oxygen atoms in total. The van der Waals surface area contributed by atoms with E-state index < -0.39 is 30.1 Å². The SMILES string of the molecule is COCC(NC(=O)C(NC(=O)OCC1c2ccccc2-c2ccccc21)C(C)C)C(=O)O. The van der Waals surface area contributed by atoms with E-state index in [1.165, 1.54) is 7.11 Å². The van der Waals surface area contributed by atoms with Crippen LogP contribution in [-0.4, -0.2) is 55.5 Å². The Morgan fingerprint density at radius 2 is 1.53 bits per heavy atom. The summed E-state index contributed by atoms with van der Waals surface area (Å²) in [6, 6.07) is 13.8. The zero-order valence-corrected chi connectivity index (χ0v) is 18.3. The second-order valence-corrected chi connectivity index (χ2v) is 8.05. The summed E-state index contributed by atoms with van der Waals surface area (Å²) in [4.78, 5) is 36.4. The number of aliphatic carboxylic acids is 1. The molecule has 3 N–H and O–H groups in total. The molecule has 32 heavy (non-hydrogen) atoms. The molecule has 0 radical (unpaired) electrons. The molecule has 2 amide bonds. The van der Waals surface area contributed by atoms with Gasteiger partial charge in [0.2, 0.25) is 5.91 Å². The lowest BCUT2D eigenvalue weighted by molar-refractivity contribution is -0.143. The summed E-state index contributed by atoms with van der Waals surface area (Å²) < 4.78 is 10.3. The van der Waals surface area contributed by atoms with Gasteiger partial charge in [-0.15, -0.1) is 0 Å². The highest BCUT2D eigenvalue weighted by Gasteiger charge is 2.31. The van der Waals surface area contributed by atoms with E-state index in [4.69, 9.17) is 9.47 Å². The van der Waals surface area contributed by atoms with Gasteiger partial charge in [-0.2, -0.15) is 0 Å². The number of fused-ring (bicyclic) bond motifs is 3. The number of methoxy groups -OCH3 is 1. The van der Waals surface area contributed by atoms with E-state index >= 15 is 0 Å². The summed E-state index contributed by atoms with van der Waals surface area (Å²) in [6.07, 6.45) is -0.737. The summed E-state index contributed by atoms with van der Waals surface area (Å²) in [5.74, 6) is -2.22. The number of amides is 2. The van der Waals surface area contributed by atoms with Gasteiger partial charge in [0.15, 0.2) is 6.04 Å². The van der Waals surface area contributed by atoms with Crippen LogP contribution < -0.4 is 10.6 Å². The molecule has 2 atom stereocenters. The maximum absolute atomic E-state index is 12.6. The molecular weight excluding hydrogens is 412 g/mol. The van der Waals surface area contributed by atoms with E-state index in [9.17, 15) is 19.5 Å². The molecule has 0 aliphatic heterocycles. The minimum Gasteiger partial charge on any atom is -0.480 e. The highest BCUT2D eigenvalue weighted by Crippen LogP contribution is 2.44. The normalized spacial score (nSPS) is 14.2. The summed E-state index contributed by atoms with van der Waals surface area (Å²) >= 11 is 0. The number of hydrogen-bond acceptors (Lipinski definition) is 5. The molecule has 0 saturated heterocycles. The van der Waals surface area contributed by atoms with E-state index in [1.54, 1.807) is 13.8 Å². The van der Waals surface area contributed by atoms with Crippen molar-refractivity contribution in [3.63, 3.8) is 0 Å². The standard InChI is InChI=1S/C24H28N2O6/c1-14(2)21(22(27)25-20(13-31-3)23(28)29)26-24(30)32-12-19-17-10-6-4-8-15(17)16-9-5-7-11-18(16)19/h4-11,14,19-21H,12-13H2,1-3H3,(H,25,27)(H,26,30)(H,28,29). The van der Waals surface area contributed by atoms with Crippen LogP contribution in [0.3, 0.4) is 0 Å². The second-order valence-electron chi connectivity index (χ2n) is 8.05. The number of benzene rings is 2. The van der Waals surface area contributed by atoms with E-state index in [-0.39, 0.29) is 25.0 Å². The molecule has 170 valence electrons. The molecule has 3 rings (SSSR count). The highest BCUT2D eigenvalue weighted by atomic mass is 16.5. The number of hydrogen-bond donors (Lipinski definition) is 3. The Morgan fingerprint density at radius 3 is 2.03 bits per heavy atom. The maximum atomic E-state index is 12.6. The topological polar surface area (TPSA) is 114 Å². The van der Waals surface area contributed by atoms with Gasteiger partial charge in [-0.05, 0) is 28.2 Å². The first kappa shape index (κ1) is 23.3. The predicted octanol–water partition coefficient (Wildman–Crippen LogP) is 2.77. The third kappa shape index (κ3) is 5.08. The fourth-order valence-corrected chi connectivity index (χ4v) is 3.90. The van der Waals surface area contributed by atoms with Crippen molar-refractivity contribution < 1.29 is 29.0 Å². The number of carboxylic acids is 1. The number of ether oxygens (including phenoxy) is 2. The van der Waals surface area contributed by atoms with Gasteiger partial charge in [0.25, 0.3) is 0 Å². The monoisotopic (exact) mass is 440 g/mol. The Labute approximate surface area is 186 Å². The minimum atomic E-state index is -1.22. The molecule has 1 aliphatic carbocycles. The van der Waals surface area contributed by atoms with Crippen molar-refractivity contribution in [2.75, 3.05) is 20.3 Å². The van der Waals surface area contributed by atoms with Crippen LogP contribution in [0, 0.1) is 5.92 Å². The molecule has 2 aromatic carbocycles. The summed E-state index contributed by atoms with van der Waals surface area (Å²) in [6.45, 7) is 3.44. The van der Waals surface area contributed by atoms with Crippen molar-refractivity contribution in [2.45, 2.75) is 31.8 Å². The summed E-state index contributed by atoms with van der Waals surface area (Å²) in [5, 5.41) is 14.2. The molecule has 0 saturated carbocycles. The lowest BCUT2D eigenvalue weighted by Gasteiger charge is -2.24. The Kier molecular flexibility index (Phi) is 7.48. The lowest BCUT2D eigenvalue weighted by Crippen LogP contribution is -2.54. The van der Waals surface area contributed by atoms with Crippen molar-refractivity contribution in [1.82, 2.24) is 10.6 Å². The van der Waals surface area contributed by atoms with Crippen LogP contribution in [0.4, 0.5) is 4.79 Å². The third-order valence-corrected chi connectivity index (χ3v) is 5.51. The van der Waals surface area contributed by atoms with Crippen LogP contribution in [0.5, 0.6) is 0 Å². The Morgan fingerprint density at radius 1 is 0.969 bits per heavy atom. The van der Waals surface area contributed by atoms with E-state index in [2.05, 4.69) is 10.6 Å². The highest BCUT2D eigenvalue weighted by molar-refractivity contribution is 5.89. The largest absolute Gasteiger partial charge is 0.480 e. The number of rotatable bonds is 9. The number of nitrogens with one attached hydrogen (secondary N) is 2. The van der Waals surface area contributed by atoms with E-state index in [1.807, 2.05) is 48.5 Å². The fourth-order valence-electron chi connectivity index (χ4n) is 3.90. The molecular formula is C24H28N2O6. The summed E-state index contributed by atoms with van der Waals surface area (Å²) in [5.41, 5.74) is 4.41. The number of alkyl carbamates (subject to hydrolysis) is 1. The lowest BCUT2D eigenvalue weighted by atomic mass is 9.98. The first-order valence-corrected chi connectivity index (χ1v) is 10.5. The van der Waals surface area contributed by atoms with Gasteiger partial charge in [0, 0.05) is 13.0 Å². The predicted molar refractivity (Wildman–Crippen MR) is 118 cm³/mol. The summed E-state index contributed by atoms with van der Waals surface area (Å²) in [7, 11) is 1.34. The first-order chi connectivity index (χ1) is 15.3. The van der Waals surface area contributed by atoms with Gasteiger partial charge >= 0.3 is 12.1 Å². The van der Waals surface area contributed by atoms with Crippen LogP contribution >= 0.6 is 0 Å². The first-order valence-electron chi connectivity index (χ1n) is 10.5. The molecule has 0 fully saturated rings. The minimum absolute atomic E-state index is 0.0995. The Bertz CT molecular complexity index is 944. The van der Waals surface area contributed by atoms with Crippen molar-refractivity contribution in [2.24, 2.45) is 5.92 Å². The van der Waals surface area contributed by atoms with Crippen molar-refractivity contribution in [3.8, 4) is 11.1 Å². The van der Waals surface area contributed by atoms with Gasteiger partial charge in [-0.25, -0.2) is 9.59 Å². The van der Waals surface area contributed by atoms with Crippen LogP contribution in [0.25, 0.3) is 11.1 Å². The van der Waals surface area contributed by atoms with E-state index in [0.29, 0.717) is 0 Å². The van der Waals surface area contributed by atoms with E-state index in [0.717, 1.165) is 22.3 Å². The van der Waals surface area contributed by atoms with Gasteiger partial charge < -0.3 is 25.2 Å². The molecule has 2 aromatic rings. The molecule has 0 heterocycles. The van der Waals surface area contributed by atoms with Crippen LogP contribution in [0.2, 0.25) is 0 Å². The second kappa shape index (κ2) is 10.3. The number of carbonyl (C=O) groups excluding carboxylic acids is 2. The van der Waals surface area contributed by atoms with Gasteiger partial charge in [0.1, 0.15) is 12.6 Å². The van der Waals surface area contributed by atoms with Crippen molar-refractivity contribution >= 4 is 18.0 Å². The number of carboxylic acid groups (broad SMARTS) is 1.